The summed E-state index contributed by atoms with van der Waals surface area (Å²) in [5.74, 6) is 2.77. The molecule has 0 radical (unpaired) electrons. The van der Waals surface area contributed by atoms with Crippen LogP contribution in [-0.4, -0.2) is 21.8 Å². The van der Waals surface area contributed by atoms with Gasteiger partial charge in [-0.2, -0.15) is 11.8 Å². The van der Waals surface area contributed by atoms with E-state index < -0.39 is 0 Å². The Labute approximate surface area is 110 Å². The maximum atomic E-state index is 10.5. The number of halogens is 1. The molecule has 1 heterocycles. The fourth-order valence-electron chi connectivity index (χ4n) is 1.97. The van der Waals surface area contributed by atoms with Gasteiger partial charge in [0.2, 0.25) is 0 Å². The standard InChI is InChI=1S/C12H14ClNO2S/c13-12-8-17-7-10(12)4-1-9-2-5-11(6-3-9)14(15)16/h2-3,5-6,10,12H,1,4,7-8H2. The molecule has 0 bridgehead atoms. The van der Waals surface area contributed by atoms with Gasteiger partial charge in [-0.1, -0.05) is 12.1 Å². The Balaban J connectivity index is 1.88. The van der Waals surface area contributed by atoms with Crippen molar-refractivity contribution in [1.82, 2.24) is 0 Å². The van der Waals surface area contributed by atoms with Crippen molar-refractivity contribution in [2.24, 2.45) is 5.92 Å². The van der Waals surface area contributed by atoms with Gasteiger partial charge in [-0.05, 0) is 30.1 Å². The van der Waals surface area contributed by atoms with Gasteiger partial charge >= 0.3 is 0 Å². The van der Waals surface area contributed by atoms with Crippen LogP contribution in [0.15, 0.2) is 24.3 Å². The molecule has 0 N–H and O–H groups in total. The highest BCUT2D eigenvalue weighted by atomic mass is 35.5. The molecule has 0 amide bonds. The van der Waals surface area contributed by atoms with Gasteiger partial charge in [0.1, 0.15) is 0 Å². The molecule has 0 aliphatic carbocycles. The number of hydrogen-bond donors (Lipinski definition) is 0. The minimum absolute atomic E-state index is 0.153. The van der Waals surface area contributed by atoms with Gasteiger partial charge in [-0.15, -0.1) is 11.6 Å². The first-order chi connectivity index (χ1) is 8.16. The Morgan fingerprint density at radius 3 is 2.59 bits per heavy atom. The summed E-state index contributed by atoms with van der Waals surface area (Å²) >= 11 is 8.11. The number of nitrogens with zero attached hydrogens (tertiary/aromatic N) is 1. The number of nitro groups is 1. The second-order valence-electron chi connectivity index (χ2n) is 4.28. The summed E-state index contributed by atoms with van der Waals surface area (Å²) in [5, 5.41) is 10.8. The van der Waals surface area contributed by atoms with Crippen molar-refractivity contribution in [2.75, 3.05) is 11.5 Å². The van der Waals surface area contributed by atoms with E-state index in [2.05, 4.69) is 0 Å². The van der Waals surface area contributed by atoms with Crippen LogP contribution in [0.4, 0.5) is 5.69 Å². The lowest BCUT2D eigenvalue weighted by atomic mass is 9.98. The van der Waals surface area contributed by atoms with Crippen LogP contribution >= 0.6 is 23.4 Å². The Bertz CT molecular complexity index is 396. The number of benzene rings is 1. The predicted molar refractivity (Wildman–Crippen MR) is 71.9 cm³/mol. The maximum absolute atomic E-state index is 10.5. The number of non-ortho nitro benzene ring substituents is 1. The SMILES string of the molecule is O=[N+]([O-])c1ccc(CCC2CSCC2Cl)cc1. The third-order valence-electron chi connectivity index (χ3n) is 3.07. The molecule has 1 aliphatic rings. The molecule has 17 heavy (non-hydrogen) atoms. The third kappa shape index (κ3) is 3.36. The van der Waals surface area contributed by atoms with Crippen LogP contribution in [0, 0.1) is 16.0 Å². The highest BCUT2D eigenvalue weighted by Crippen LogP contribution is 2.31. The number of thioether (sulfide) groups is 1. The molecular weight excluding hydrogens is 258 g/mol. The van der Waals surface area contributed by atoms with Crippen molar-refractivity contribution in [1.29, 1.82) is 0 Å². The molecule has 3 nitrogen and oxygen atoms in total. The summed E-state index contributed by atoms with van der Waals surface area (Å²) in [6.07, 6.45) is 2.02. The van der Waals surface area contributed by atoms with Crippen LogP contribution in [0.3, 0.4) is 0 Å². The quantitative estimate of drug-likeness (QED) is 0.478. The van der Waals surface area contributed by atoms with Crippen LogP contribution in [0.5, 0.6) is 0 Å². The number of alkyl halides is 1. The zero-order valence-electron chi connectivity index (χ0n) is 9.34. The van der Waals surface area contributed by atoms with Crippen molar-refractivity contribution in [3.05, 3.63) is 39.9 Å². The lowest BCUT2D eigenvalue weighted by Gasteiger charge is -2.11. The van der Waals surface area contributed by atoms with Crippen LogP contribution in [0.25, 0.3) is 0 Å². The lowest BCUT2D eigenvalue weighted by Crippen LogP contribution is -2.12. The van der Waals surface area contributed by atoms with Crippen molar-refractivity contribution in [2.45, 2.75) is 18.2 Å². The summed E-state index contributed by atoms with van der Waals surface area (Å²) in [6, 6.07) is 6.81. The molecule has 1 aliphatic heterocycles. The Hall–Kier alpha value is -0.740. The maximum Gasteiger partial charge on any atom is 0.269 e. The Morgan fingerprint density at radius 2 is 2.06 bits per heavy atom. The minimum Gasteiger partial charge on any atom is -0.258 e. The molecule has 1 aromatic carbocycles. The van der Waals surface area contributed by atoms with Gasteiger partial charge in [-0.25, -0.2) is 0 Å². The second kappa shape index (κ2) is 5.74. The largest absolute Gasteiger partial charge is 0.269 e. The first-order valence-corrected chi connectivity index (χ1v) is 7.21. The molecule has 2 unspecified atom stereocenters. The smallest absolute Gasteiger partial charge is 0.258 e. The molecule has 1 aromatic rings. The van der Waals surface area contributed by atoms with E-state index in [-0.39, 0.29) is 16.0 Å². The molecule has 0 saturated carbocycles. The number of aryl methyl sites for hydroxylation is 1. The minimum atomic E-state index is -0.369. The van der Waals surface area contributed by atoms with E-state index in [1.54, 1.807) is 12.1 Å². The summed E-state index contributed by atoms with van der Waals surface area (Å²) in [5.41, 5.74) is 1.30. The van der Waals surface area contributed by atoms with E-state index in [1.807, 2.05) is 23.9 Å². The first kappa shape index (κ1) is 12.7. The normalized spacial score (nSPS) is 23.8. The van der Waals surface area contributed by atoms with E-state index in [4.69, 9.17) is 11.6 Å². The van der Waals surface area contributed by atoms with Gasteiger partial charge in [0.25, 0.3) is 5.69 Å². The average molecular weight is 272 g/mol. The highest BCUT2D eigenvalue weighted by molar-refractivity contribution is 7.99. The van der Waals surface area contributed by atoms with Gasteiger partial charge in [0.05, 0.1) is 4.92 Å². The third-order valence-corrected chi connectivity index (χ3v) is 5.02. The monoisotopic (exact) mass is 271 g/mol. The number of rotatable bonds is 4. The number of nitro benzene ring substituents is 1. The summed E-state index contributed by atoms with van der Waals surface area (Å²) < 4.78 is 0. The topological polar surface area (TPSA) is 43.1 Å². The fraction of sp³-hybridized carbons (Fsp3) is 0.500. The molecule has 2 rings (SSSR count). The highest BCUT2D eigenvalue weighted by Gasteiger charge is 2.25. The molecule has 1 saturated heterocycles. The van der Waals surface area contributed by atoms with Crippen LogP contribution in [-0.2, 0) is 6.42 Å². The van der Waals surface area contributed by atoms with Crippen molar-refractivity contribution < 1.29 is 4.92 Å². The summed E-state index contributed by atoms with van der Waals surface area (Å²) in [6.45, 7) is 0. The van der Waals surface area contributed by atoms with Crippen LogP contribution < -0.4 is 0 Å². The molecule has 1 fully saturated rings. The molecular formula is C12H14ClNO2S. The van der Waals surface area contributed by atoms with Crippen LogP contribution in [0.2, 0.25) is 0 Å². The number of hydrogen-bond acceptors (Lipinski definition) is 3. The van der Waals surface area contributed by atoms with E-state index in [9.17, 15) is 10.1 Å². The van der Waals surface area contributed by atoms with E-state index in [1.165, 1.54) is 0 Å². The zero-order chi connectivity index (χ0) is 12.3. The van der Waals surface area contributed by atoms with Crippen LogP contribution in [0.1, 0.15) is 12.0 Å². The molecule has 0 aromatic heterocycles. The fourth-order valence-corrected chi connectivity index (χ4v) is 3.90. The lowest BCUT2D eigenvalue weighted by molar-refractivity contribution is -0.384. The molecule has 92 valence electrons. The van der Waals surface area contributed by atoms with Crippen molar-refractivity contribution in [3.63, 3.8) is 0 Å². The molecule has 5 heteroatoms. The van der Waals surface area contributed by atoms with Gasteiger partial charge in [-0.3, -0.25) is 10.1 Å². The van der Waals surface area contributed by atoms with E-state index in [0.717, 1.165) is 29.9 Å². The second-order valence-corrected chi connectivity index (χ2v) is 5.91. The van der Waals surface area contributed by atoms with Crippen molar-refractivity contribution in [3.8, 4) is 0 Å². The summed E-state index contributed by atoms with van der Waals surface area (Å²) in [7, 11) is 0. The molecule has 2 atom stereocenters. The summed E-state index contributed by atoms with van der Waals surface area (Å²) in [4.78, 5) is 10.1. The molecule has 0 spiro atoms. The van der Waals surface area contributed by atoms with E-state index in [0.29, 0.717) is 5.92 Å². The Morgan fingerprint density at radius 1 is 1.35 bits per heavy atom. The predicted octanol–water partition coefficient (Wildman–Crippen LogP) is 3.50. The van der Waals surface area contributed by atoms with E-state index >= 15 is 0 Å². The average Bonchev–Trinajstić information content (AvgIpc) is 2.73. The Kier molecular flexibility index (Phi) is 4.29. The van der Waals surface area contributed by atoms with Gasteiger partial charge < -0.3 is 0 Å². The zero-order valence-corrected chi connectivity index (χ0v) is 10.9. The first-order valence-electron chi connectivity index (χ1n) is 5.62. The van der Waals surface area contributed by atoms with Crippen molar-refractivity contribution >= 4 is 29.1 Å². The van der Waals surface area contributed by atoms with Gasteiger partial charge in [0.15, 0.2) is 0 Å². The van der Waals surface area contributed by atoms with Gasteiger partial charge in [0, 0.05) is 23.3 Å².